The van der Waals surface area contributed by atoms with Crippen LogP contribution in [0.1, 0.15) is 18.7 Å². The van der Waals surface area contributed by atoms with Crippen LogP contribution in [-0.4, -0.2) is 27.6 Å². The molecule has 5 heteroatoms. The van der Waals surface area contributed by atoms with E-state index in [0.29, 0.717) is 17.8 Å². The highest BCUT2D eigenvalue weighted by molar-refractivity contribution is 5.77. The molecule has 0 amide bonds. The summed E-state index contributed by atoms with van der Waals surface area (Å²) >= 11 is 0. The van der Waals surface area contributed by atoms with Crippen molar-refractivity contribution in [3.05, 3.63) is 40.4 Å². The Balaban J connectivity index is 2.06. The third kappa shape index (κ3) is 1.86. The molecule has 0 aliphatic carbocycles. The number of fused-ring (bicyclic) bond motifs is 1. The number of nitrogen functional groups attached to an aromatic ring is 1. The second kappa shape index (κ2) is 4.42. The van der Waals surface area contributed by atoms with E-state index in [1.54, 1.807) is 6.07 Å². The number of hydrogen-bond acceptors (Lipinski definition) is 4. The smallest absolute Gasteiger partial charge is 0.279 e. The van der Waals surface area contributed by atoms with Gasteiger partial charge in [0, 0.05) is 0 Å². The predicted octanol–water partition coefficient (Wildman–Crippen LogP) is 0.706. The lowest BCUT2D eigenvalue weighted by atomic mass is 10.2. The first-order valence-corrected chi connectivity index (χ1v) is 6.24. The molecule has 94 valence electrons. The second-order valence-corrected chi connectivity index (χ2v) is 4.70. The molecule has 2 aromatic rings. The van der Waals surface area contributed by atoms with E-state index < -0.39 is 0 Å². The maximum absolute atomic E-state index is 12.1. The zero-order chi connectivity index (χ0) is 12.5. The minimum atomic E-state index is -0.171. The van der Waals surface area contributed by atoms with Crippen LogP contribution in [0.3, 0.4) is 0 Å². The Hall–Kier alpha value is -1.88. The standard InChI is InChI=1S/C13H16N4O/c14-17-12(9-16-7-3-4-8-16)15-11-6-2-1-5-10(11)13(17)18/h1-2,5-6H,3-4,7-9,14H2. The Kier molecular flexibility index (Phi) is 2.76. The van der Waals surface area contributed by atoms with E-state index in [2.05, 4.69) is 9.88 Å². The molecule has 18 heavy (non-hydrogen) atoms. The highest BCUT2D eigenvalue weighted by Crippen LogP contribution is 2.12. The number of hydrogen-bond donors (Lipinski definition) is 1. The van der Waals surface area contributed by atoms with Crippen molar-refractivity contribution in [2.24, 2.45) is 0 Å². The molecule has 0 saturated carbocycles. The minimum Gasteiger partial charge on any atom is -0.335 e. The van der Waals surface area contributed by atoms with Gasteiger partial charge in [-0.2, -0.15) is 0 Å². The lowest BCUT2D eigenvalue weighted by Crippen LogP contribution is -2.34. The van der Waals surface area contributed by atoms with Gasteiger partial charge in [-0.15, -0.1) is 0 Å². The molecule has 0 radical (unpaired) electrons. The number of nitrogens with zero attached hydrogens (tertiary/aromatic N) is 3. The van der Waals surface area contributed by atoms with Gasteiger partial charge in [0.25, 0.3) is 5.56 Å². The van der Waals surface area contributed by atoms with Gasteiger partial charge >= 0.3 is 0 Å². The van der Waals surface area contributed by atoms with Crippen LogP contribution in [0.2, 0.25) is 0 Å². The Labute approximate surface area is 105 Å². The van der Waals surface area contributed by atoms with Crippen molar-refractivity contribution in [3.8, 4) is 0 Å². The number of para-hydroxylation sites is 1. The third-order valence-corrected chi connectivity index (χ3v) is 3.44. The van der Waals surface area contributed by atoms with Crippen LogP contribution in [0.25, 0.3) is 10.9 Å². The molecule has 0 spiro atoms. The number of aromatic nitrogens is 2. The van der Waals surface area contributed by atoms with Gasteiger partial charge < -0.3 is 5.84 Å². The molecule has 2 N–H and O–H groups in total. The highest BCUT2D eigenvalue weighted by atomic mass is 16.1. The minimum absolute atomic E-state index is 0.171. The summed E-state index contributed by atoms with van der Waals surface area (Å²) < 4.78 is 1.18. The van der Waals surface area contributed by atoms with Crippen LogP contribution in [-0.2, 0) is 6.54 Å². The van der Waals surface area contributed by atoms with Crippen molar-refractivity contribution in [2.75, 3.05) is 18.9 Å². The zero-order valence-corrected chi connectivity index (χ0v) is 10.2. The first-order chi connectivity index (χ1) is 8.75. The summed E-state index contributed by atoms with van der Waals surface area (Å²) in [5, 5.41) is 0.574. The fraction of sp³-hybridized carbons (Fsp3) is 0.385. The van der Waals surface area contributed by atoms with Crippen LogP contribution < -0.4 is 11.4 Å². The highest BCUT2D eigenvalue weighted by Gasteiger charge is 2.15. The van der Waals surface area contributed by atoms with Crippen LogP contribution >= 0.6 is 0 Å². The molecule has 0 unspecified atom stereocenters. The molecule has 0 bridgehead atoms. The Morgan fingerprint density at radius 1 is 1.22 bits per heavy atom. The van der Waals surface area contributed by atoms with E-state index in [1.807, 2.05) is 18.2 Å². The molecule has 3 rings (SSSR count). The van der Waals surface area contributed by atoms with Gasteiger partial charge in [-0.05, 0) is 38.1 Å². The SMILES string of the molecule is Nn1c(CN2CCCC2)nc2ccccc2c1=O. The number of rotatable bonds is 2. The van der Waals surface area contributed by atoms with Crippen molar-refractivity contribution < 1.29 is 0 Å². The largest absolute Gasteiger partial charge is 0.335 e. The molecule has 1 aliphatic heterocycles. The lowest BCUT2D eigenvalue weighted by Gasteiger charge is -2.16. The van der Waals surface area contributed by atoms with Gasteiger partial charge in [0.15, 0.2) is 0 Å². The summed E-state index contributed by atoms with van der Waals surface area (Å²) in [6, 6.07) is 7.32. The average Bonchev–Trinajstić information content (AvgIpc) is 2.89. The molecule has 5 nitrogen and oxygen atoms in total. The van der Waals surface area contributed by atoms with Crippen LogP contribution in [0.4, 0.5) is 0 Å². The van der Waals surface area contributed by atoms with Gasteiger partial charge in [0.05, 0.1) is 17.4 Å². The van der Waals surface area contributed by atoms with E-state index in [0.717, 1.165) is 18.6 Å². The molecule has 1 aromatic carbocycles. The second-order valence-electron chi connectivity index (χ2n) is 4.70. The Morgan fingerprint density at radius 2 is 1.94 bits per heavy atom. The van der Waals surface area contributed by atoms with E-state index >= 15 is 0 Å². The molecule has 1 aliphatic rings. The fourth-order valence-corrected chi connectivity index (χ4v) is 2.44. The van der Waals surface area contributed by atoms with Crippen LogP contribution in [0.15, 0.2) is 29.1 Å². The third-order valence-electron chi connectivity index (χ3n) is 3.44. The van der Waals surface area contributed by atoms with Gasteiger partial charge in [0.1, 0.15) is 5.82 Å². The summed E-state index contributed by atoms with van der Waals surface area (Å²) in [6.45, 7) is 2.77. The summed E-state index contributed by atoms with van der Waals surface area (Å²) in [7, 11) is 0. The van der Waals surface area contributed by atoms with Crippen molar-refractivity contribution in [2.45, 2.75) is 19.4 Å². The normalized spacial score (nSPS) is 16.4. The van der Waals surface area contributed by atoms with Crippen LogP contribution in [0, 0.1) is 0 Å². The lowest BCUT2D eigenvalue weighted by molar-refractivity contribution is 0.318. The van der Waals surface area contributed by atoms with Crippen molar-refractivity contribution in [1.29, 1.82) is 0 Å². The summed E-state index contributed by atoms with van der Waals surface area (Å²) in [6.07, 6.45) is 2.42. The van der Waals surface area contributed by atoms with Crippen LogP contribution in [0.5, 0.6) is 0 Å². The average molecular weight is 244 g/mol. The van der Waals surface area contributed by atoms with E-state index in [-0.39, 0.29) is 5.56 Å². The van der Waals surface area contributed by atoms with Gasteiger partial charge in [-0.1, -0.05) is 12.1 Å². The van der Waals surface area contributed by atoms with Gasteiger partial charge in [-0.3, -0.25) is 9.69 Å². The van der Waals surface area contributed by atoms with Gasteiger partial charge in [0.2, 0.25) is 0 Å². The Bertz CT molecular complexity index is 628. The fourth-order valence-electron chi connectivity index (χ4n) is 2.44. The number of likely N-dealkylation sites (tertiary alicyclic amines) is 1. The Morgan fingerprint density at radius 3 is 2.72 bits per heavy atom. The quantitative estimate of drug-likeness (QED) is 0.790. The summed E-state index contributed by atoms with van der Waals surface area (Å²) in [4.78, 5) is 18.9. The van der Waals surface area contributed by atoms with E-state index in [9.17, 15) is 4.79 Å². The molecule has 1 aromatic heterocycles. The molecule has 1 saturated heterocycles. The number of benzene rings is 1. The molecule has 2 heterocycles. The monoisotopic (exact) mass is 244 g/mol. The van der Waals surface area contributed by atoms with Crippen molar-refractivity contribution in [1.82, 2.24) is 14.6 Å². The number of nitrogens with two attached hydrogens (primary N) is 1. The maximum Gasteiger partial charge on any atom is 0.279 e. The first kappa shape index (κ1) is 11.2. The topological polar surface area (TPSA) is 64.2 Å². The van der Waals surface area contributed by atoms with E-state index in [4.69, 9.17) is 5.84 Å². The summed E-state index contributed by atoms with van der Waals surface area (Å²) in [5.74, 6) is 6.48. The molecular weight excluding hydrogens is 228 g/mol. The summed E-state index contributed by atoms with van der Waals surface area (Å²) in [5.41, 5.74) is 0.549. The predicted molar refractivity (Wildman–Crippen MR) is 70.7 cm³/mol. The molecular formula is C13H16N4O. The first-order valence-electron chi connectivity index (χ1n) is 6.24. The molecule has 0 atom stereocenters. The maximum atomic E-state index is 12.1. The zero-order valence-electron chi connectivity index (χ0n) is 10.2. The molecule has 1 fully saturated rings. The van der Waals surface area contributed by atoms with Crippen molar-refractivity contribution in [3.63, 3.8) is 0 Å². The van der Waals surface area contributed by atoms with Crippen molar-refractivity contribution >= 4 is 10.9 Å². The van der Waals surface area contributed by atoms with E-state index in [1.165, 1.54) is 17.5 Å². The van der Waals surface area contributed by atoms with Gasteiger partial charge in [-0.25, -0.2) is 9.66 Å².